The molecule has 1 atom stereocenters. The first-order valence-corrected chi connectivity index (χ1v) is 9.14. The predicted molar refractivity (Wildman–Crippen MR) is 93.9 cm³/mol. The molecule has 3 nitrogen and oxygen atoms in total. The molecule has 3 heterocycles. The zero-order chi connectivity index (χ0) is 17.4. The number of thiophene rings is 1. The van der Waals surface area contributed by atoms with Crippen molar-refractivity contribution in [1.82, 2.24) is 15.2 Å². The number of nitrogens with zero attached hydrogens (tertiary/aromatic N) is 1. The number of H-pyrrole nitrogens is 1. The number of nitrogens with one attached hydrogen (secondary N) is 2. The van der Waals surface area contributed by atoms with Crippen LogP contribution in [-0.2, 0) is 6.18 Å². The number of piperazine rings is 1. The van der Waals surface area contributed by atoms with Crippen LogP contribution in [0.4, 0.5) is 13.2 Å². The van der Waals surface area contributed by atoms with Crippen molar-refractivity contribution in [3.8, 4) is 0 Å². The second-order valence-corrected chi connectivity index (χ2v) is 7.01. The van der Waals surface area contributed by atoms with Gasteiger partial charge >= 0.3 is 6.18 Å². The number of benzene rings is 1. The van der Waals surface area contributed by atoms with Crippen LogP contribution >= 0.6 is 11.3 Å². The highest BCUT2D eigenvalue weighted by molar-refractivity contribution is 7.08. The smallest absolute Gasteiger partial charge is 0.351 e. The summed E-state index contributed by atoms with van der Waals surface area (Å²) in [5.41, 5.74) is 1.89. The molecule has 2 N–H and O–H groups in total. The summed E-state index contributed by atoms with van der Waals surface area (Å²) in [5.74, 6) is 0. The van der Waals surface area contributed by atoms with Gasteiger partial charge < -0.3 is 10.3 Å². The molecule has 1 aliphatic rings. The monoisotopic (exact) mass is 365 g/mol. The van der Waals surface area contributed by atoms with Gasteiger partial charge in [-0.25, -0.2) is 0 Å². The van der Waals surface area contributed by atoms with Crippen molar-refractivity contribution in [2.75, 3.05) is 26.2 Å². The van der Waals surface area contributed by atoms with Gasteiger partial charge in [-0.1, -0.05) is 12.1 Å². The Bertz CT molecular complexity index is 848. The van der Waals surface area contributed by atoms with Crippen LogP contribution in [0.3, 0.4) is 0 Å². The van der Waals surface area contributed by atoms with E-state index in [1.807, 2.05) is 17.5 Å². The third-order valence-corrected chi connectivity index (χ3v) is 5.37. The molecule has 0 amide bonds. The molecular weight excluding hydrogens is 347 g/mol. The third-order valence-electron chi connectivity index (χ3n) is 4.67. The lowest BCUT2D eigenvalue weighted by atomic mass is 9.95. The minimum Gasteiger partial charge on any atom is -0.351 e. The standard InChI is InChI=1S/C18H18F3N3S/c19-18(20,21)16-10-14-13(2-1-3-15(14)23-16)17(12-4-9-25-11-12)24-7-5-22-6-8-24/h1-4,9-11,17,22-23H,5-8H2. The van der Waals surface area contributed by atoms with Crippen LogP contribution in [-0.4, -0.2) is 36.1 Å². The Kier molecular flexibility index (Phi) is 4.31. The van der Waals surface area contributed by atoms with Crippen molar-refractivity contribution in [3.63, 3.8) is 0 Å². The molecule has 132 valence electrons. The van der Waals surface area contributed by atoms with Crippen molar-refractivity contribution >= 4 is 22.2 Å². The first-order chi connectivity index (χ1) is 12.0. The van der Waals surface area contributed by atoms with Gasteiger partial charge in [0.1, 0.15) is 5.69 Å². The topological polar surface area (TPSA) is 31.1 Å². The van der Waals surface area contributed by atoms with Crippen LogP contribution in [0.15, 0.2) is 41.1 Å². The number of aromatic amines is 1. The van der Waals surface area contributed by atoms with Gasteiger partial charge in [-0.05, 0) is 40.1 Å². The predicted octanol–water partition coefficient (Wildman–Crippen LogP) is 4.24. The average Bonchev–Trinajstić information content (AvgIpc) is 3.25. The maximum atomic E-state index is 13.1. The van der Waals surface area contributed by atoms with Crippen LogP contribution in [0.5, 0.6) is 0 Å². The summed E-state index contributed by atoms with van der Waals surface area (Å²) in [4.78, 5) is 4.87. The fourth-order valence-corrected chi connectivity index (χ4v) is 4.21. The summed E-state index contributed by atoms with van der Waals surface area (Å²) in [6, 6.07) is 8.75. The Labute approximate surface area is 147 Å². The lowest BCUT2D eigenvalue weighted by molar-refractivity contribution is -0.140. The van der Waals surface area contributed by atoms with Crippen LogP contribution in [0.25, 0.3) is 10.9 Å². The summed E-state index contributed by atoms with van der Waals surface area (Å²) in [6.45, 7) is 3.51. The van der Waals surface area contributed by atoms with Gasteiger partial charge in [0.15, 0.2) is 0 Å². The van der Waals surface area contributed by atoms with Gasteiger partial charge in [0, 0.05) is 37.1 Å². The SMILES string of the molecule is FC(F)(F)c1cc2c(C(c3ccsc3)N3CCNCC3)cccc2[nH]1. The molecule has 1 fully saturated rings. The summed E-state index contributed by atoms with van der Waals surface area (Å²) >= 11 is 1.61. The molecule has 2 aromatic heterocycles. The second-order valence-electron chi connectivity index (χ2n) is 6.23. The molecule has 0 aliphatic carbocycles. The molecular formula is C18H18F3N3S. The first kappa shape index (κ1) is 16.6. The van der Waals surface area contributed by atoms with Gasteiger partial charge in [-0.3, -0.25) is 4.90 Å². The van der Waals surface area contributed by atoms with Gasteiger partial charge in [0.25, 0.3) is 0 Å². The summed E-state index contributed by atoms with van der Waals surface area (Å²) in [6.07, 6.45) is -4.37. The minimum atomic E-state index is -4.37. The highest BCUT2D eigenvalue weighted by atomic mass is 32.1. The molecule has 0 radical (unpaired) electrons. The summed E-state index contributed by atoms with van der Waals surface area (Å²) in [7, 11) is 0. The Morgan fingerprint density at radius 1 is 1.12 bits per heavy atom. The zero-order valence-corrected chi connectivity index (χ0v) is 14.3. The van der Waals surface area contributed by atoms with E-state index in [0.29, 0.717) is 10.9 Å². The minimum absolute atomic E-state index is 0.0334. The van der Waals surface area contributed by atoms with Crippen LogP contribution < -0.4 is 5.32 Å². The Morgan fingerprint density at radius 2 is 1.92 bits per heavy atom. The first-order valence-electron chi connectivity index (χ1n) is 8.20. The van der Waals surface area contributed by atoms with E-state index >= 15 is 0 Å². The van der Waals surface area contributed by atoms with E-state index in [2.05, 4.69) is 26.6 Å². The fourth-order valence-electron chi connectivity index (χ4n) is 3.53. The number of aromatic nitrogens is 1. The van der Waals surface area contributed by atoms with E-state index in [1.54, 1.807) is 17.4 Å². The summed E-state index contributed by atoms with van der Waals surface area (Å²) in [5, 5.41) is 8.08. The molecule has 0 saturated carbocycles. The highest BCUT2D eigenvalue weighted by Crippen LogP contribution is 2.38. The van der Waals surface area contributed by atoms with E-state index in [0.717, 1.165) is 37.3 Å². The molecule has 1 unspecified atom stereocenters. The van der Waals surface area contributed by atoms with Gasteiger partial charge in [0.2, 0.25) is 0 Å². The van der Waals surface area contributed by atoms with E-state index in [-0.39, 0.29) is 6.04 Å². The van der Waals surface area contributed by atoms with Crippen molar-refractivity contribution in [2.45, 2.75) is 12.2 Å². The number of hydrogen-bond donors (Lipinski definition) is 2. The average molecular weight is 365 g/mol. The van der Waals surface area contributed by atoms with E-state index in [1.165, 1.54) is 6.07 Å². The Balaban J connectivity index is 1.85. The van der Waals surface area contributed by atoms with E-state index in [4.69, 9.17) is 0 Å². The van der Waals surface area contributed by atoms with Gasteiger partial charge in [-0.2, -0.15) is 24.5 Å². The molecule has 4 rings (SSSR count). The number of rotatable bonds is 3. The summed E-state index contributed by atoms with van der Waals surface area (Å²) < 4.78 is 39.4. The number of hydrogen-bond acceptors (Lipinski definition) is 3. The van der Waals surface area contributed by atoms with Crippen molar-refractivity contribution in [2.24, 2.45) is 0 Å². The van der Waals surface area contributed by atoms with E-state index in [9.17, 15) is 13.2 Å². The van der Waals surface area contributed by atoms with E-state index < -0.39 is 11.9 Å². The number of alkyl halides is 3. The Morgan fingerprint density at radius 3 is 2.60 bits per heavy atom. The van der Waals surface area contributed by atoms with Crippen molar-refractivity contribution in [1.29, 1.82) is 0 Å². The van der Waals surface area contributed by atoms with Crippen molar-refractivity contribution in [3.05, 3.63) is 57.9 Å². The molecule has 7 heteroatoms. The zero-order valence-electron chi connectivity index (χ0n) is 13.4. The van der Waals surface area contributed by atoms with Crippen LogP contribution in [0, 0.1) is 0 Å². The lowest BCUT2D eigenvalue weighted by Gasteiger charge is -2.35. The largest absolute Gasteiger partial charge is 0.431 e. The number of fused-ring (bicyclic) bond motifs is 1. The molecule has 25 heavy (non-hydrogen) atoms. The molecule has 1 aromatic carbocycles. The van der Waals surface area contributed by atoms with Crippen molar-refractivity contribution < 1.29 is 13.2 Å². The highest BCUT2D eigenvalue weighted by Gasteiger charge is 2.34. The lowest BCUT2D eigenvalue weighted by Crippen LogP contribution is -2.45. The van der Waals surface area contributed by atoms with Gasteiger partial charge in [0.05, 0.1) is 6.04 Å². The maximum Gasteiger partial charge on any atom is 0.431 e. The van der Waals surface area contributed by atoms with Crippen LogP contribution in [0.1, 0.15) is 22.9 Å². The fraction of sp³-hybridized carbons (Fsp3) is 0.333. The van der Waals surface area contributed by atoms with Crippen LogP contribution in [0.2, 0.25) is 0 Å². The number of halogens is 3. The normalized spacial score (nSPS) is 17.9. The molecule has 0 bridgehead atoms. The maximum absolute atomic E-state index is 13.1. The Hall–Kier alpha value is -1.83. The second kappa shape index (κ2) is 6.48. The quantitative estimate of drug-likeness (QED) is 0.727. The molecule has 0 spiro atoms. The molecule has 1 aliphatic heterocycles. The molecule has 1 saturated heterocycles. The third kappa shape index (κ3) is 3.19. The molecule has 3 aromatic rings. The van der Waals surface area contributed by atoms with Gasteiger partial charge in [-0.15, -0.1) is 0 Å².